The lowest BCUT2D eigenvalue weighted by molar-refractivity contribution is 0.417. The van der Waals surface area contributed by atoms with Crippen molar-refractivity contribution in [3.8, 4) is 16.9 Å². The first-order valence-electron chi connectivity index (χ1n) is 9.32. The van der Waals surface area contributed by atoms with Crippen LogP contribution >= 0.6 is 23.2 Å². The van der Waals surface area contributed by atoms with Gasteiger partial charge in [0.25, 0.3) is 5.56 Å². The number of rotatable bonds is 5. The molecule has 0 bridgehead atoms. The van der Waals surface area contributed by atoms with Crippen molar-refractivity contribution in [2.45, 2.75) is 0 Å². The summed E-state index contributed by atoms with van der Waals surface area (Å²) in [5, 5.41) is 4.54. The Hall–Kier alpha value is -3.35. The van der Waals surface area contributed by atoms with Crippen LogP contribution in [0, 0.1) is 0 Å². The van der Waals surface area contributed by atoms with Crippen LogP contribution in [0.3, 0.4) is 0 Å². The molecule has 8 heteroatoms. The number of para-hydroxylation sites is 2. The molecule has 0 radical (unpaired) electrons. The molecule has 0 fully saturated rings. The maximum absolute atomic E-state index is 13.3. The smallest absolute Gasteiger partial charge is 0.260 e. The second-order valence-electron chi connectivity index (χ2n) is 6.71. The van der Waals surface area contributed by atoms with Crippen LogP contribution in [0.25, 0.3) is 28.2 Å². The van der Waals surface area contributed by atoms with Gasteiger partial charge in [0.1, 0.15) is 11.4 Å². The van der Waals surface area contributed by atoms with E-state index in [2.05, 4.69) is 21.9 Å². The normalized spacial score (nSPS) is 10.8. The second kappa shape index (κ2) is 8.41. The Labute approximate surface area is 188 Å². The van der Waals surface area contributed by atoms with Gasteiger partial charge in [-0.15, -0.1) is 0 Å². The number of nitrogens with zero attached hydrogens (tertiary/aromatic N) is 3. The van der Waals surface area contributed by atoms with E-state index < -0.39 is 0 Å². The average Bonchev–Trinajstić information content (AvgIpc) is 2.77. The maximum Gasteiger partial charge on any atom is 0.260 e. The predicted molar refractivity (Wildman–Crippen MR) is 127 cm³/mol. The third-order valence-corrected chi connectivity index (χ3v) is 5.56. The number of fused-ring (bicyclic) bond motifs is 1. The van der Waals surface area contributed by atoms with Crippen LogP contribution in [-0.2, 0) is 7.05 Å². The molecule has 0 aliphatic carbocycles. The standard InChI is InChI=1S/C23H18Cl2N4O2/c1-4-13-14-12-26-23(27-17-10-5-6-11-18(17)31-3)28-21(14)29(2)22(30)19(13)20-15(24)8-7-9-16(20)25/h4-12H,1H2,2-3H3,(H,26,27,28). The summed E-state index contributed by atoms with van der Waals surface area (Å²) in [5.74, 6) is 0.973. The van der Waals surface area contributed by atoms with Crippen LogP contribution in [0.15, 0.2) is 60.0 Å². The van der Waals surface area contributed by atoms with Crippen LogP contribution < -0.4 is 15.6 Å². The van der Waals surface area contributed by atoms with Crippen molar-refractivity contribution in [1.29, 1.82) is 0 Å². The third-order valence-electron chi connectivity index (χ3n) is 4.93. The number of ether oxygens (including phenoxy) is 1. The zero-order valence-electron chi connectivity index (χ0n) is 16.8. The Morgan fingerprint density at radius 2 is 1.81 bits per heavy atom. The molecule has 1 N–H and O–H groups in total. The molecule has 0 saturated carbocycles. The molecule has 31 heavy (non-hydrogen) atoms. The molecular formula is C23H18Cl2N4O2. The Balaban J connectivity index is 1.94. The molecule has 6 nitrogen and oxygen atoms in total. The lowest BCUT2D eigenvalue weighted by atomic mass is 9.98. The highest BCUT2D eigenvalue weighted by Crippen LogP contribution is 2.37. The van der Waals surface area contributed by atoms with Crippen LogP contribution in [0.2, 0.25) is 10.0 Å². The van der Waals surface area contributed by atoms with E-state index in [1.165, 1.54) is 4.57 Å². The zero-order valence-corrected chi connectivity index (χ0v) is 18.3. The fourth-order valence-electron chi connectivity index (χ4n) is 3.45. The van der Waals surface area contributed by atoms with E-state index >= 15 is 0 Å². The number of benzene rings is 2. The Morgan fingerprint density at radius 3 is 2.48 bits per heavy atom. The summed E-state index contributed by atoms with van der Waals surface area (Å²) in [6, 6.07) is 12.5. The summed E-state index contributed by atoms with van der Waals surface area (Å²) in [6.45, 7) is 3.89. The average molecular weight is 453 g/mol. The maximum atomic E-state index is 13.3. The molecule has 0 spiro atoms. The van der Waals surface area contributed by atoms with Crippen molar-refractivity contribution in [3.05, 3.63) is 81.2 Å². The van der Waals surface area contributed by atoms with Crippen molar-refractivity contribution in [1.82, 2.24) is 14.5 Å². The van der Waals surface area contributed by atoms with E-state index in [0.717, 1.165) is 0 Å². The molecule has 156 valence electrons. The molecule has 4 rings (SSSR count). The lowest BCUT2D eigenvalue weighted by Crippen LogP contribution is -2.22. The monoisotopic (exact) mass is 452 g/mol. The first-order chi connectivity index (χ1) is 15.0. The Kier molecular flexibility index (Phi) is 5.67. The Morgan fingerprint density at radius 1 is 1.10 bits per heavy atom. The number of nitrogens with one attached hydrogen (secondary N) is 1. The molecule has 2 heterocycles. The fraction of sp³-hybridized carbons (Fsp3) is 0.0870. The topological polar surface area (TPSA) is 69.0 Å². The first-order valence-corrected chi connectivity index (χ1v) is 10.1. The highest BCUT2D eigenvalue weighted by atomic mass is 35.5. The molecule has 0 amide bonds. The Bertz CT molecular complexity index is 1360. The number of methoxy groups -OCH3 is 1. The van der Waals surface area contributed by atoms with E-state index in [4.69, 9.17) is 27.9 Å². The summed E-state index contributed by atoms with van der Waals surface area (Å²) < 4.78 is 6.81. The number of aryl methyl sites for hydroxylation is 1. The molecule has 0 saturated heterocycles. The van der Waals surface area contributed by atoms with Gasteiger partial charge in [-0.25, -0.2) is 4.98 Å². The number of aromatic nitrogens is 3. The van der Waals surface area contributed by atoms with Gasteiger partial charge in [-0.1, -0.05) is 54.1 Å². The number of halogens is 2. The fourth-order valence-corrected chi connectivity index (χ4v) is 4.04. The van der Waals surface area contributed by atoms with Gasteiger partial charge < -0.3 is 10.1 Å². The van der Waals surface area contributed by atoms with Crippen LogP contribution in [0.5, 0.6) is 5.75 Å². The molecule has 0 unspecified atom stereocenters. The molecule has 2 aromatic carbocycles. The minimum atomic E-state index is -0.292. The number of anilines is 2. The number of hydrogen-bond acceptors (Lipinski definition) is 5. The zero-order chi connectivity index (χ0) is 22.1. The van der Waals surface area contributed by atoms with Crippen molar-refractivity contribution in [3.63, 3.8) is 0 Å². The first kappa shape index (κ1) is 20.9. The van der Waals surface area contributed by atoms with E-state index in [-0.39, 0.29) is 5.56 Å². The van der Waals surface area contributed by atoms with Gasteiger partial charge in [-0.3, -0.25) is 9.36 Å². The quantitative estimate of drug-likeness (QED) is 0.420. The molecule has 0 atom stereocenters. The van der Waals surface area contributed by atoms with Crippen LogP contribution in [0.1, 0.15) is 5.56 Å². The van der Waals surface area contributed by atoms with Gasteiger partial charge >= 0.3 is 0 Å². The molecule has 0 aliphatic heterocycles. The highest BCUT2D eigenvalue weighted by molar-refractivity contribution is 6.39. The van der Waals surface area contributed by atoms with Gasteiger partial charge in [-0.05, 0) is 29.8 Å². The molecule has 2 aromatic heterocycles. The molecule has 4 aromatic rings. The summed E-state index contributed by atoms with van der Waals surface area (Å²) >= 11 is 12.8. The minimum absolute atomic E-state index is 0.292. The van der Waals surface area contributed by atoms with Gasteiger partial charge in [0.15, 0.2) is 0 Å². The largest absolute Gasteiger partial charge is 0.495 e. The van der Waals surface area contributed by atoms with Crippen molar-refractivity contribution in [2.75, 3.05) is 12.4 Å². The van der Waals surface area contributed by atoms with Gasteiger partial charge in [0, 0.05) is 24.2 Å². The summed E-state index contributed by atoms with van der Waals surface area (Å²) in [7, 11) is 3.23. The van der Waals surface area contributed by atoms with E-state index in [1.54, 1.807) is 44.6 Å². The number of hydrogen-bond donors (Lipinski definition) is 1. The summed E-state index contributed by atoms with van der Waals surface area (Å²) in [4.78, 5) is 22.3. The van der Waals surface area contributed by atoms with Crippen LogP contribution in [0.4, 0.5) is 11.6 Å². The minimum Gasteiger partial charge on any atom is -0.495 e. The lowest BCUT2D eigenvalue weighted by Gasteiger charge is -2.16. The SMILES string of the molecule is C=Cc1c(-c2c(Cl)cccc2Cl)c(=O)n(C)c2nc(Nc3ccccc3OC)ncc12. The van der Waals surface area contributed by atoms with E-state index in [0.29, 0.717) is 55.2 Å². The predicted octanol–water partition coefficient (Wildman–Crippen LogP) is 5.70. The van der Waals surface area contributed by atoms with Crippen molar-refractivity contribution < 1.29 is 4.74 Å². The van der Waals surface area contributed by atoms with E-state index in [9.17, 15) is 4.79 Å². The van der Waals surface area contributed by atoms with Gasteiger partial charge in [0.05, 0.1) is 28.4 Å². The van der Waals surface area contributed by atoms with E-state index in [1.807, 2.05) is 24.3 Å². The third kappa shape index (κ3) is 3.65. The van der Waals surface area contributed by atoms with Crippen LogP contribution in [-0.4, -0.2) is 21.6 Å². The molecule has 0 aliphatic rings. The second-order valence-corrected chi connectivity index (χ2v) is 7.52. The van der Waals surface area contributed by atoms with Gasteiger partial charge in [-0.2, -0.15) is 4.98 Å². The summed E-state index contributed by atoms with van der Waals surface area (Å²) in [5.41, 5.74) is 2.24. The van der Waals surface area contributed by atoms with Crippen molar-refractivity contribution >= 4 is 51.9 Å². The molecular weight excluding hydrogens is 435 g/mol. The highest BCUT2D eigenvalue weighted by Gasteiger charge is 2.21. The van der Waals surface area contributed by atoms with Crippen molar-refractivity contribution in [2.24, 2.45) is 7.05 Å². The summed E-state index contributed by atoms with van der Waals surface area (Å²) in [6.07, 6.45) is 3.24. The number of pyridine rings is 1. The van der Waals surface area contributed by atoms with Gasteiger partial charge in [0.2, 0.25) is 5.95 Å².